The van der Waals surface area contributed by atoms with Crippen LogP contribution in [-0.4, -0.2) is 53.6 Å². The molecule has 1 aromatic carbocycles. The SMILES string of the molecule is N#Cc1cccc(-c2cncc(OC3CCN(C(=O)OC(C(F)(F)F)C(F)(F)F)CC3)c2)c1. The van der Waals surface area contributed by atoms with Crippen molar-refractivity contribution >= 4 is 6.09 Å². The van der Waals surface area contributed by atoms with Gasteiger partial charge in [0, 0.05) is 37.7 Å². The molecule has 1 aromatic heterocycles. The van der Waals surface area contributed by atoms with E-state index < -0.39 is 30.7 Å². The largest absolute Gasteiger partial charge is 0.489 e. The molecule has 6 nitrogen and oxygen atoms in total. The van der Waals surface area contributed by atoms with Gasteiger partial charge in [-0.05, 0) is 23.8 Å². The molecular formula is C21H17F6N3O3. The number of halogens is 6. The van der Waals surface area contributed by atoms with Crippen LogP contribution in [-0.2, 0) is 4.74 Å². The molecule has 0 saturated carbocycles. The summed E-state index contributed by atoms with van der Waals surface area (Å²) in [5, 5.41) is 9.03. The molecule has 3 rings (SSSR count). The maximum Gasteiger partial charge on any atom is 0.434 e. The summed E-state index contributed by atoms with van der Waals surface area (Å²) in [6, 6.07) is 10.6. The second-order valence-electron chi connectivity index (χ2n) is 7.25. The zero-order valence-electron chi connectivity index (χ0n) is 16.9. The van der Waals surface area contributed by atoms with Gasteiger partial charge in [-0.2, -0.15) is 31.6 Å². The number of likely N-dealkylation sites (tertiary alicyclic amines) is 1. The fraction of sp³-hybridized carbons (Fsp3) is 0.381. The number of alkyl halides is 6. The Bertz CT molecular complexity index is 1010. The third-order valence-corrected chi connectivity index (χ3v) is 4.85. The lowest BCUT2D eigenvalue weighted by Gasteiger charge is -2.33. The van der Waals surface area contributed by atoms with Crippen molar-refractivity contribution in [2.24, 2.45) is 0 Å². The minimum Gasteiger partial charge on any atom is -0.489 e. The minimum atomic E-state index is -5.76. The minimum absolute atomic E-state index is 0.136. The van der Waals surface area contributed by atoms with Gasteiger partial charge in [0.25, 0.3) is 6.10 Å². The summed E-state index contributed by atoms with van der Waals surface area (Å²) in [5.74, 6) is 0.394. The Hall–Kier alpha value is -3.49. The molecule has 1 aliphatic heterocycles. The number of nitriles is 1. The number of hydrogen-bond donors (Lipinski definition) is 0. The van der Waals surface area contributed by atoms with Gasteiger partial charge in [0.05, 0.1) is 17.8 Å². The number of aromatic nitrogens is 1. The summed E-state index contributed by atoms with van der Waals surface area (Å²) in [5.41, 5.74) is 1.90. The first-order valence-electron chi connectivity index (χ1n) is 9.68. The molecule has 1 fully saturated rings. The number of benzene rings is 1. The highest BCUT2D eigenvalue weighted by Crippen LogP contribution is 2.36. The maximum absolute atomic E-state index is 12.6. The molecule has 1 amide bonds. The van der Waals surface area contributed by atoms with Crippen molar-refractivity contribution in [3.8, 4) is 22.9 Å². The molecule has 1 aliphatic rings. The van der Waals surface area contributed by atoms with Crippen LogP contribution in [0.5, 0.6) is 5.75 Å². The van der Waals surface area contributed by atoms with E-state index in [1.165, 1.54) is 6.20 Å². The highest BCUT2D eigenvalue weighted by molar-refractivity contribution is 5.68. The van der Waals surface area contributed by atoms with Crippen LogP contribution in [0.3, 0.4) is 0 Å². The number of carbonyl (C=O) groups excluding carboxylic acids is 1. The van der Waals surface area contributed by atoms with Crippen LogP contribution in [0.2, 0.25) is 0 Å². The number of carbonyl (C=O) groups is 1. The van der Waals surface area contributed by atoms with E-state index in [0.717, 1.165) is 10.5 Å². The van der Waals surface area contributed by atoms with Crippen molar-refractivity contribution in [3.05, 3.63) is 48.3 Å². The van der Waals surface area contributed by atoms with E-state index in [9.17, 15) is 31.1 Å². The standard InChI is InChI=1S/C21H17F6N3O3/c22-20(23,24)18(21(25,26)27)33-19(31)30-6-4-16(5-7-30)32-17-9-15(11-29-12-17)14-3-1-2-13(8-14)10-28/h1-3,8-9,11-12,16,18H,4-7H2. The Labute approximate surface area is 184 Å². The third kappa shape index (κ3) is 6.27. The predicted octanol–water partition coefficient (Wildman–Crippen LogP) is 5.09. The molecule has 0 radical (unpaired) electrons. The number of amides is 1. The molecule has 2 aromatic rings. The van der Waals surface area contributed by atoms with Crippen molar-refractivity contribution in [1.29, 1.82) is 5.26 Å². The van der Waals surface area contributed by atoms with Gasteiger partial charge in [-0.15, -0.1) is 0 Å². The number of piperidine rings is 1. The molecule has 0 unspecified atom stereocenters. The Kier molecular flexibility index (Phi) is 7.00. The summed E-state index contributed by atoms with van der Waals surface area (Å²) in [6.07, 6.45) is -14.4. The smallest absolute Gasteiger partial charge is 0.434 e. The molecule has 0 bridgehead atoms. The lowest BCUT2D eigenvalue weighted by atomic mass is 10.0. The highest BCUT2D eigenvalue weighted by Gasteiger charge is 2.60. The van der Waals surface area contributed by atoms with Gasteiger partial charge in [0.2, 0.25) is 0 Å². The first-order valence-corrected chi connectivity index (χ1v) is 9.68. The number of rotatable bonds is 4. The lowest BCUT2D eigenvalue weighted by Crippen LogP contribution is -2.50. The lowest BCUT2D eigenvalue weighted by molar-refractivity contribution is -0.308. The summed E-state index contributed by atoms with van der Waals surface area (Å²) in [6.45, 7) is -0.271. The monoisotopic (exact) mass is 473 g/mol. The van der Waals surface area contributed by atoms with Crippen LogP contribution < -0.4 is 4.74 Å². The maximum atomic E-state index is 12.6. The van der Waals surface area contributed by atoms with Crippen molar-refractivity contribution in [3.63, 3.8) is 0 Å². The average molecular weight is 473 g/mol. The topological polar surface area (TPSA) is 75.5 Å². The highest BCUT2D eigenvalue weighted by atomic mass is 19.4. The number of pyridine rings is 1. The molecule has 0 atom stereocenters. The van der Waals surface area contributed by atoms with E-state index in [4.69, 9.17) is 10.00 Å². The van der Waals surface area contributed by atoms with E-state index in [1.807, 2.05) is 6.07 Å². The van der Waals surface area contributed by atoms with Crippen LogP contribution in [0.4, 0.5) is 31.1 Å². The van der Waals surface area contributed by atoms with Gasteiger partial charge in [-0.1, -0.05) is 12.1 Å². The Morgan fingerprint density at radius 3 is 2.33 bits per heavy atom. The number of ether oxygens (including phenoxy) is 2. The summed E-state index contributed by atoms with van der Waals surface area (Å²) < 4.78 is 85.1. The van der Waals surface area contributed by atoms with Crippen LogP contribution in [0.25, 0.3) is 11.1 Å². The second-order valence-corrected chi connectivity index (χ2v) is 7.25. The number of nitrogens with zero attached hydrogens (tertiary/aromatic N) is 3. The Morgan fingerprint density at radius 2 is 1.73 bits per heavy atom. The molecule has 0 spiro atoms. The van der Waals surface area contributed by atoms with E-state index in [0.29, 0.717) is 16.9 Å². The molecular weight excluding hydrogens is 456 g/mol. The molecule has 176 valence electrons. The number of hydrogen-bond acceptors (Lipinski definition) is 5. The summed E-state index contributed by atoms with van der Waals surface area (Å²) in [4.78, 5) is 16.7. The quantitative estimate of drug-likeness (QED) is 0.578. The molecule has 2 heterocycles. The molecule has 1 saturated heterocycles. The molecule has 33 heavy (non-hydrogen) atoms. The van der Waals surface area contributed by atoms with Crippen molar-refractivity contribution in [2.45, 2.75) is 37.4 Å². The van der Waals surface area contributed by atoms with Gasteiger partial charge in [-0.25, -0.2) is 4.79 Å². The Balaban J connectivity index is 1.58. The van der Waals surface area contributed by atoms with Crippen molar-refractivity contribution in [2.75, 3.05) is 13.1 Å². The summed E-state index contributed by atoms with van der Waals surface area (Å²) in [7, 11) is 0. The fourth-order valence-electron chi connectivity index (χ4n) is 3.25. The van der Waals surface area contributed by atoms with Crippen LogP contribution in [0, 0.1) is 11.3 Å². The van der Waals surface area contributed by atoms with Crippen molar-refractivity contribution in [1.82, 2.24) is 9.88 Å². The van der Waals surface area contributed by atoms with Gasteiger partial charge in [-0.3, -0.25) is 4.98 Å². The van der Waals surface area contributed by atoms with Gasteiger partial charge in [0.15, 0.2) is 0 Å². The van der Waals surface area contributed by atoms with E-state index in [1.54, 1.807) is 36.5 Å². The molecule has 12 heteroatoms. The Morgan fingerprint density at radius 1 is 1.06 bits per heavy atom. The third-order valence-electron chi connectivity index (χ3n) is 4.85. The molecule has 0 aliphatic carbocycles. The fourth-order valence-corrected chi connectivity index (χ4v) is 3.25. The average Bonchev–Trinajstić information content (AvgIpc) is 2.76. The predicted molar refractivity (Wildman–Crippen MR) is 102 cm³/mol. The van der Waals surface area contributed by atoms with Gasteiger partial charge >= 0.3 is 18.4 Å². The van der Waals surface area contributed by atoms with Gasteiger partial charge < -0.3 is 14.4 Å². The van der Waals surface area contributed by atoms with E-state index in [2.05, 4.69) is 9.72 Å². The van der Waals surface area contributed by atoms with Crippen LogP contribution >= 0.6 is 0 Å². The van der Waals surface area contributed by atoms with Gasteiger partial charge in [0.1, 0.15) is 11.9 Å². The van der Waals surface area contributed by atoms with Crippen LogP contribution in [0.15, 0.2) is 42.7 Å². The van der Waals surface area contributed by atoms with Crippen LogP contribution in [0.1, 0.15) is 18.4 Å². The molecule has 0 N–H and O–H groups in total. The first-order chi connectivity index (χ1) is 15.5. The normalized spacial score (nSPS) is 15.3. The zero-order valence-corrected chi connectivity index (χ0v) is 16.9. The summed E-state index contributed by atoms with van der Waals surface area (Å²) >= 11 is 0. The van der Waals surface area contributed by atoms with E-state index in [-0.39, 0.29) is 25.9 Å². The first kappa shape index (κ1) is 24.2. The zero-order chi connectivity index (χ0) is 24.2. The second kappa shape index (κ2) is 9.56. The van der Waals surface area contributed by atoms with E-state index >= 15 is 0 Å². The van der Waals surface area contributed by atoms with Crippen molar-refractivity contribution < 1.29 is 40.6 Å².